The fourth-order valence-corrected chi connectivity index (χ4v) is 5.25. The molecule has 2 N–H and O–H groups in total. The van der Waals surface area contributed by atoms with Gasteiger partial charge in [0.05, 0.1) is 5.69 Å². The Hall–Kier alpha value is -1.91. The van der Waals surface area contributed by atoms with Crippen LogP contribution < -0.4 is 14.8 Å². The van der Waals surface area contributed by atoms with Crippen molar-refractivity contribution in [2.75, 3.05) is 37.3 Å². The quantitative estimate of drug-likeness (QED) is 0.741. The maximum Gasteiger partial charge on any atom is 0.266 e. The minimum absolute atomic E-state index is 0. The van der Waals surface area contributed by atoms with Crippen molar-refractivity contribution in [3.63, 3.8) is 0 Å². The molecule has 162 valence electrons. The molecule has 29 heavy (non-hydrogen) atoms. The van der Waals surface area contributed by atoms with Crippen molar-refractivity contribution in [3.8, 4) is 5.75 Å². The molecule has 0 radical (unpaired) electrons. The Labute approximate surface area is 176 Å². The highest BCUT2D eigenvalue weighted by atomic mass is 32.2. The van der Waals surface area contributed by atoms with Gasteiger partial charge in [0.1, 0.15) is 23.1 Å². The molecule has 7 nitrogen and oxygen atoms in total. The summed E-state index contributed by atoms with van der Waals surface area (Å²) in [5.41, 5.74) is 0.446. The summed E-state index contributed by atoms with van der Waals surface area (Å²) >= 11 is 1.11. The summed E-state index contributed by atoms with van der Waals surface area (Å²) in [5, 5.41) is 4.74. The minimum Gasteiger partial charge on any atom is -0.490 e. The number of sulfonamides is 1. The van der Waals surface area contributed by atoms with Gasteiger partial charge in [0.15, 0.2) is 5.13 Å². The summed E-state index contributed by atoms with van der Waals surface area (Å²) in [5.74, 6) is -0.525. The summed E-state index contributed by atoms with van der Waals surface area (Å²) in [6, 6.07) is 3.18. The molecular weight excluding hydrogens is 415 g/mol. The third-order valence-electron chi connectivity index (χ3n) is 4.96. The number of nitrogens with one attached hydrogen (secondary N) is 2. The second-order valence-electron chi connectivity index (χ2n) is 7.25. The molecule has 0 saturated heterocycles. The lowest BCUT2D eigenvalue weighted by molar-refractivity contribution is 0.229. The molecular formula is C19H29FN4O3S2. The van der Waals surface area contributed by atoms with Gasteiger partial charge in [-0.3, -0.25) is 4.72 Å². The van der Waals surface area contributed by atoms with Crippen molar-refractivity contribution < 1.29 is 19.0 Å². The average molecular weight is 445 g/mol. The number of thiazole rings is 1. The number of hydrogen-bond acceptors (Lipinski definition) is 7. The lowest BCUT2D eigenvalue weighted by Crippen LogP contribution is -2.29. The van der Waals surface area contributed by atoms with Crippen molar-refractivity contribution in [2.45, 2.75) is 43.0 Å². The molecule has 0 bridgehead atoms. The first-order valence-electron chi connectivity index (χ1n) is 9.66. The number of nitrogens with zero attached hydrogens (tertiary/aromatic N) is 2. The first kappa shape index (κ1) is 21.8. The summed E-state index contributed by atoms with van der Waals surface area (Å²) in [6.07, 6.45) is 8.66. The molecule has 1 aromatic carbocycles. The first-order chi connectivity index (χ1) is 13.9. The van der Waals surface area contributed by atoms with Crippen LogP contribution in [0.5, 0.6) is 5.75 Å². The van der Waals surface area contributed by atoms with Gasteiger partial charge in [-0.2, -0.15) is 0 Å². The number of anilines is 2. The summed E-state index contributed by atoms with van der Waals surface area (Å²) in [6.45, 7) is 0.952. The maximum absolute atomic E-state index is 14.0. The Kier molecular flexibility index (Phi) is 7.31. The SMILES string of the molecule is CN(C)C1CCCCC1.O=S(=O)(Nc1nccs1)c1cc2c(cc1F)NCCO2.[HH]. The maximum atomic E-state index is 14.0. The average Bonchev–Trinajstić information content (AvgIpc) is 3.21. The van der Waals surface area contributed by atoms with E-state index in [4.69, 9.17) is 4.74 Å². The van der Waals surface area contributed by atoms with Gasteiger partial charge in [0.2, 0.25) is 0 Å². The molecule has 0 unspecified atom stereocenters. The molecule has 1 saturated carbocycles. The number of hydrogen-bond donors (Lipinski definition) is 2. The topological polar surface area (TPSA) is 83.6 Å². The van der Waals surface area contributed by atoms with E-state index >= 15 is 0 Å². The highest BCUT2D eigenvalue weighted by molar-refractivity contribution is 7.93. The van der Waals surface area contributed by atoms with Crippen LogP contribution in [0.3, 0.4) is 0 Å². The highest BCUT2D eigenvalue weighted by Crippen LogP contribution is 2.33. The fraction of sp³-hybridized carbons (Fsp3) is 0.526. The molecule has 4 rings (SSSR count). The number of fused-ring (bicyclic) bond motifs is 1. The van der Waals surface area contributed by atoms with Crippen LogP contribution >= 0.6 is 11.3 Å². The smallest absolute Gasteiger partial charge is 0.266 e. The van der Waals surface area contributed by atoms with Crippen LogP contribution in [-0.4, -0.2) is 51.6 Å². The molecule has 1 aliphatic carbocycles. The van der Waals surface area contributed by atoms with Crippen molar-refractivity contribution >= 4 is 32.2 Å². The van der Waals surface area contributed by atoms with E-state index in [1.165, 1.54) is 44.4 Å². The molecule has 2 heterocycles. The number of rotatable bonds is 4. The summed E-state index contributed by atoms with van der Waals surface area (Å²) in [7, 11) is 0.349. The van der Waals surface area contributed by atoms with E-state index in [1.54, 1.807) is 5.38 Å². The van der Waals surface area contributed by atoms with Crippen molar-refractivity contribution in [1.29, 1.82) is 0 Å². The van der Waals surface area contributed by atoms with Gasteiger partial charge in [-0.1, -0.05) is 19.3 Å². The Morgan fingerprint density at radius 3 is 2.69 bits per heavy atom. The van der Waals surface area contributed by atoms with Crippen LogP contribution in [-0.2, 0) is 10.0 Å². The predicted molar refractivity (Wildman–Crippen MR) is 116 cm³/mol. The fourth-order valence-electron chi connectivity index (χ4n) is 3.39. The molecule has 0 amide bonds. The van der Waals surface area contributed by atoms with E-state index in [9.17, 15) is 12.8 Å². The summed E-state index contributed by atoms with van der Waals surface area (Å²) < 4.78 is 45.8. The van der Waals surface area contributed by atoms with Crippen molar-refractivity contribution in [1.82, 2.24) is 9.88 Å². The van der Waals surface area contributed by atoms with Gasteiger partial charge in [-0.15, -0.1) is 11.3 Å². The number of benzene rings is 1. The molecule has 2 aliphatic rings. The van der Waals surface area contributed by atoms with E-state index in [-0.39, 0.29) is 6.56 Å². The summed E-state index contributed by atoms with van der Waals surface area (Å²) in [4.78, 5) is 5.70. The molecule has 10 heteroatoms. The third-order valence-corrected chi connectivity index (χ3v) is 7.13. The highest BCUT2D eigenvalue weighted by Gasteiger charge is 2.24. The van der Waals surface area contributed by atoms with E-state index in [1.807, 2.05) is 0 Å². The van der Waals surface area contributed by atoms with Gasteiger partial charge in [-0.25, -0.2) is 17.8 Å². The van der Waals surface area contributed by atoms with Crippen LogP contribution in [0.2, 0.25) is 0 Å². The number of halogens is 1. The van der Waals surface area contributed by atoms with Crippen LogP contribution in [0.15, 0.2) is 28.6 Å². The normalized spacial score (nSPS) is 16.8. The van der Waals surface area contributed by atoms with Crippen LogP contribution in [0.4, 0.5) is 15.2 Å². The lowest BCUT2D eigenvalue weighted by atomic mass is 9.95. The Morgan fingerprint density at radius 1 is 1.31 bits per heavy atom. The molecule has 1 aliphatic heterocycles. The first-order valence-corrected chi connectivity index (χ1v) is 12.0. The van der Waals surface area contributed by atoms with Gasteiger partial charge in [-0.05, 0) is 26.9 Å². The molecule has 0 spiro atoms. The zero-order chi connectivity index (χ0) is 20.9. The second-order valence-corrected chi connectivity index (χ2v) is 9.80. The number of ether oxygens (including phenoxy) is 1. The van der Waals surface area contributed by atoms with Crippen LogP contribution in [0.25, 0.3) is 0 Å². The van der Waals surface area contributed by atoms with Gasteiger partial charge in [0.25, 0.3) is 10.0 Å². The van der Waals surface area contributed by atoms with Gasteiger partial charge >= 0.3 is 0 Å². The van der Waals surface area contributed by atoms with Crippen LogP contribution in [0.1, 0.15) is 33.5 Å². The van der Waals surface area contributed by atoms with E-state index < -0.39 is 20.7 Å². The molecule has 2 aromatic rings. The molecule has 1 aromatic heterocycles. The zero-order valence-corrected chi connectivity index (χ0v) is 18.3. The third kappa shape index (κ3) is 5.80. The Bertz CT molecular complexity index is 905. The van der Waals surface area contributed by atoms with E-state index in [2.05, 4.69) is 34.0 Å². The van der Waals surface area contributed by atoms with Crippen molar-refractivity contribution in [2.24, 2.45) is 0 Å². The Balaban J connectivity index is 0.000000272. The zero-order valence-electron chi connectivity index (χ0n) is 16.7. The Morgan fingerprint density at radius 2 is 2.07 bits per heavy atom. The largest absolute Gasteiger partial charge is 0.490 e. The minimum atomic E-state index is -4.03. The number of aromatic nitrogens is 1. The lowest BCUT2D eigenvalue weighted by Gasteiger charge is -2.27. The van der Waals surface area contributed by atoms with E-state index in [0.717, 1.165) is 23.4 Å². The second kappa shape index (κ2) is 9.73. The monoisotopic (exact) mass is 444 g/mol. The van der Waals surface area contributed by atoms with Gasteiger partial charge in [0, 0.05) is 37.7 Å². The van der Waals surface area contributed by atoms with Crippen LogP contribution in [0, 0.1) is 5.82 Å². The molecule has 1 fully saturated rings. The molecule has 0 atom stereocenters. The van der Waals surface area contributed by atoms with E-state index in [0.29, 0.717) is 24.6 Å². The standard InChI is InChI=1S/C11H10FN3O3S2.C8H17N.H2/c12-7-5-8-9(18-3-1-13-8)6-10(7)20(16,17)15-11-14-2-4-19-11;1-9(2)8-6-4-3-5-7-8;/h2,4-6,13H,1,3H2,(H,14,15);8H,3-7H2,1-2H3;1H. The van der Waals surface area contributed by atoms with Crippen molar-refractivity contribution in [3.05, 3.63) is 29.5 Å². The predicted octanol–water partition coefficient (Wildman–Crippen LogP) is 4.01. The van der Waals surface area contributed by atoms with Gasteiger partial charge < -0.3 is 15.0 Å².